The van der Waals surface area contributed by atoms with Gasteiger partial charge in [-0.1, -0.05) is 24.3 Å². The molecule has 0 amide bonds. The lowest BCUT2D eigenvalue weighted by atomic mass is 10.1. The lowest BCUT2D eigenvalue weighted by Gasteiger charge is -2.09. The number of nitro benzene ring substituents is 1. The van der Waals surface area contributed by atoms with Crippen LogP contribution in [0.5, 0.6) is 5.75 Å². The van der Waals surface area contributed by atoms with Gasteiger partial charge in [0, 0.05) is 24.0 Å². The number of nitrogens with zero attached hydrogens (tertiary/aromatic N) is 3. The van der Waals surface area contributed by atoms with Gasteiger partial charge in [-0.15, -0.1) is 0 Å². The van der Waals surface area contributed by atoms with Crippen molar-refractivity contribution in [3.05, 3.63) is 93.8 Å². The molecule has 0 atom stereocenters. The molecule has 0 spiro atoms. The smallest absolute Gasteiger partial charge is 0.280 e. The molecule has 7 heteroatoms. The van der Waals surface area contributed by atoms with Gasteiger partial charge in [0.1, 0.15) is 5.75 Å². The third-order valence-corrected chi connectivity index (χ3v) is 3.99. The molecule has 0 unspecified atom stereocenters. The standard InChI is InChI=1S/C20H17N3O4/c1-27-20-10-8-15(13-16(20)14-22-12-4-11-21-22)7-9-19(24)17-5-2-3-6-18(17)23(25)26/h2-13H,14H2,1H3/b9-7+. The Kier molecular flexibility index (Phi) is 5.41. The van der Waals surface area contributed by atoms with E-state index in [9.17, 15) is 14.9 Å². The van der Waals surface area contributed by atoms with E-state index in [1.54, 1.807) is 30.1 Å². The highest BCUT2D eigenvalue weighted by atomic mass is 16.6. The minimum atomic E-state index is -0.559. The fourth-order valence-electron chi connectivity index (χ4n) is 2.70. The second kappa shape index (κ2) is 8.09. The molecule has 0 bridgehead atoms. The summed E-state index contributed by atoms with van der Waals surface area (Å²) in [5, 5.41) is 15.3. The van der Waals surface area contributed by atoms with Crippen molar-refractivity contribution in [3.8, 4) is 5.75 Å². The summed E-state index contributed by atoms with van der Waals surface area (Å²) in [7, 11) is 1.59. The summed E-state index contributed by atoms with van der Waals surface area (Å²) in [5.74, 6) is 0.291. The van der Waals surface area contributed by atoms with Crippen LogP contribution in [0.3, 0.4) is 0 Å². The number of ether oxygens (including phenoxy) is 1. The maximum Gasteiger partial charge on any atom is 0.280 e. The minimum absolute atomic E-state index is 0.0593. The lowest BCUT2D eigenvalue weighted by Crippen LogP contribution is -2.03. The number of hydrogen-bond acceptors (Lipinski definition) is 5. The van der Waals surface area contributed by atoms with Crippen molar-refractivity contribution in [1.82, 2.24) is 9.78 Å². The Labute approximate surface area is 155 Å². The normalized spacial score (nSPS) is 10.9. The second-order valence-corrected chi connectivity index (χ2v) is 5.75. The van der Waals surface area contributed by atoms with Crippen molar-refractivity contribution in [2.24, 2.45) is 0 Å². The van der Waals surface area contributed by atoms with Crippen LogP contribution in [-0.2, 0) is 6.54 Å². The van der Waals surface area contributed by atoms with Gasteiger partial charge in [-0.2, -0.15) is 5.10 Å². The van der Waals surface area contributed by atoms with Crippen LogP contribution >= 0.6 is 0 Å². The summed E-state index contributed by atoms with van der Waals surface area (Å²) in [6.45, 7) is 0.524. The SMILES string of the molecule is COc1ccc(/C=C/C(=O)c2ccccc2[N+](=O)[O-])cc1Cn1cccn1. The van der Waals surface area contributed by atoms with E-state index < -0.39 is 10.7 Å². The van der Waals surface area contributed by atoms with Gasteiger partial charge < -0.3 is 4.74 Å². The minimum Gasteiger partial charge on any atom is -0.496 e. The van der Waals surface area contributed by atoms with Crippen LogP contribution in [0, 0.1) is 10.1 Å². The molecule has 3 aromatic rings. The molecular formula is C20H17N3O4. The van der Waals surface area contributed by atoms with Gasteiger partial charge in [-0.3, -0.25) is 19.6 Å². The number of methoxy groups -OCH3 is 1. The Morgan fingerprint density at radius 2 is 2.07 bits per heavy atom. The Bertz CT molecular complexity index is 994. The zero-order chi connectivity index (χ0) is 19.2. The van der Waals surface area contributed by atoms with Crippen molar-refractivity contribution in [2.75, 3.05) is 7.11 Å². The van der Waals surface area contributed by atoms with Gasteiger partial charge in [0.2, 0.25) is 0 Å². The predicted molar refractivity (Wildman–Crippen MR) is 101 cm³/mol. The molecule has 27 heavy (non-hydrogen) atoms. The molecule has 0 aliphatic carbocycles. The molecule has 0 N–H and O–H groups in total. The molecule has 0 saturated carbocycles. The van der Waals surface area contributed by atoms with Crippen LogP contribution in [0.1, 0.15) is 21.5 Å². The first kappa shape index (κ1) is 18.1. The molecule has 1 heterocycles. The second-order valence-electron chi connectivity index (χ2n) is 5.75. The molecule has 2 aromatic carbocycles. The first-order valence-corrected chi connectivity index (χ1v) is 8.18. The Balaban J connectivity index is 1.85. The number of carbonyl (C=O) groups excluding carboxylic acids is 1. The Morgan fingerprint density at radius 1 is 1.26 bits per heavy atom. The van der Waals surface area contributed by atoms with E-state index in [4.69, 9.17) is 4.74 Å². The van der Waals surface area contributed by atoms with Gasteiger partial charge in [-0.05, 0) is 35.9 Å². The van der Waals surface area contributed by atoms with Crippen LogP contribution < -0.4 is 4.74 Å². The van der Waals surface area contributed by atoms with Crippen molar-refractivity contribution >= 4 is 17.5 Å². The number of aromatic nitrogens is 2. The first-order valence-electron chi connectivity index (χ1n) is 8.18. The van der Waals surface area contributed by atoms with Gasteiger partial charge in [0.25, 0.3) is 5.69 Å². The first-order chi connectivity index (χ1) is 13.1. The van der Waals surface area contributed by atoms with Crippen molar-refractivity contribution in [1.29, 1.82) is 0 Å². The molecule has 0 radical (unpaired) electrons. The topological polar surface area (TPSA) is 87.3 Å². The molecule has 3 rings (SSSR count). The van der Waals surface area contributed by atoms with Gasteiger partial charge in [0.05, 0.1) is 24.1 Å². The fraction of sp³-hybridized carbons (Fsp3) is 0.100. The highest BCUT2D eigenvalue weighted by molar-refractivity contribution is 6.09. The largest absolute Gasteiger partial charge is 0.496 e. The van der Waals surface area contributed by atoms with Crippen LogP contribution in [0.4, 0.5) is 5.69 Å². The van der Waals surface area contributed by atoms with Crippen LogP contribution in [-0.4, -0.2) is 27.6 Å². The van der Waals surface area contributed by atoms with Crippen LogP contribution in [0.25, 0.3) is 6.08 Å². The van der Waals surface area contributed by atoms with Gasteiger partial charge >= 0.3 is 0 Å². The quantitative estimate of drug-likeness (QED) is 0.276. The van der Waals surface area contributed by atoms with Crippen molar-refractivity contribution < 1.29 is 14.5 Å². The fourth-order valence-corrected chi connectivity index (χ4v) is 2.70. The van der Waals surface area contributed by atoms with Crippen LogP contribution in [0.15, 0.2) is 67.0 Å². The van der Waals surface area contributed by atoms with E-state index in [2.05, 4.69) is 5.10 Å². The molecule has 1 aromatic heterocycles. The highest BCUT2D eigenvalue weighted by Crippen LogP contribution is 2.23. The number of nitro groups is 1. The van der Waals surface area contributed by atoms with E-state index in [1.807, 2.05) is 30.5 Å². The molecular weight excluding hydrogens is 346 g/mol. The van der Waals surface area contributed by atoms with E-state index in [0.29, 0.717) is 12.3 Å². The average Bonchev–Trinajstić information content (AvgIpc) is 3.19. The summed E-state index contributed by atoms with van der Waals surface area (Å²) in [6, 6.07) is 13.2. The average molecular weight is 363 g/mol. The maximum absolute atomic E-state index is 12.4. The monoisotopic (exact) mass is 363 g/mol. The third kappa shape index (κ3) is 4.27. The number of carbonyl (C=O) groups is 1. The molecule has 0 aliphatic heterocycles. The molecule has 136 valence electrons. The Morgan fingerprint density at radius 3 is 2.78 bits per heavy atom. The van der Waals surface area contributed by atoms with E-state index >= 15 is 0 Å². The molecule has 0 saturated heterocycles. The lowest BCUT2D eigenvalue weighted by molar-refractivity contribution is -0.385. The Hall–Kier alpha value is -3.74. The van der Waals surface area contributed by atoms with E-state index in [0.717, 1.165) is 11.1 Å². The van der Waals surface area contributed by atoms with E-state index in [1.165, 1.54) is 24.3 Å². The molecule has 7 nitrogen and oxygen atoms in total. The van der Waals surface area contributed by atoms with Gasteiger partial charge in [-0.25, -0.2) is 0 Å². The number of benzene rings is 2. The summed E-state index contributed by atoms with van der Waals surface area (Å²) in [4.78, 5) is 22.9. The highest BCUT2D eigenvalue weighted by Gasteiger charge is 2.17. The number of para-hydroxylation sites is 1. The molecule has 0 fully saturated rings. The van der Waals surface area contributed by atoms with Gasteiger partial charge in [0.15, 0.2) is 5.78 Å². The zero-order valence-electron chi connectivity index (χ0n) is 14.6. The van der Waals surface area contributed by atoms with E-state index in [-0.39, 0.29) is 11.3 Å². The molecule has 0 aliphatic rings. The number of allylic oxidation sites excluding steroid dienone is 1. The maximum atomic E-state index is 12.4. The van der Waals surface area contributed by atoms with Crippen molar-refractivity contribution in [2.45, 2.75) is 6.54 Å². The predicted octanol–water partition coefficient (Wildman–Crippen LogP) is 3.74. The summed E-state index contributed by atoms with van der Waals surface area (Å²) in [5.41, 5.74) is 1.54. The summed E-state index contributed by atoms with van der Waals surface area (Å²) >= 11 is 0. The number of rotatable bonds is 7. The van der Waals surface area contributed by atoms with Crippen LogP contribution in [0.2, 0.25) is 0 Å². The third-order valence-electron chi connectivity index (χ3n) is 3.99. The zero-order valence-corrected chi connectivity index (χ0v) is 14.6. The summed E-state index contributed by atoms with van der Waals surface area (Å²) in [6.07, 6.45) is 6.51. The van der Waals surface area contributed by atoms with Crippen molar-refractivity contribution in [3.63, 3.8) is 0 Å². The number of hydrogen-bond donors (Lipinski definition) is 0. The summed E-state index contributed by atoms with van der Waals surface area (Å²) < 4.78 is 7.15. The number of ketones is 1.